The van der Waals surface area contributed by atoms with Gasteiger partial charge in [-0.05, 0) is 86.4 Å². The summed E-state index contributed by atoms with van der Waals surface area (Å²) >= 11 is 0. The van der Waals surface area contributed by atoms with E-state index >= 15 is 0 Å². The second kappa shape index (κ2) is 20.7. The van der Waals surface area contributed by atoms with E-state index in [4.69, 9.17) is 24.8 Å². The molecule has 17 heteroatoms. The van der Waals surface area contributed by atoms with Crippen LogP contribution in [0.25, 0.3) is 0 Å². The maximum atomic E-state index is 13.1. The van der Waals surface area contributed by atoms with Crippen LogP contribution in [0.5, 0.6) is 5.75 Å². The third-order valence-electron chi connectivity index (χ3n) is 6.64. The van der Waals surface area contributed by atoms with Crippen LogP contribution in [0.2, 0.25) is 0 Å². The number of nitrogens with zero attached hydrogens (tertiary/aromatic N) is 3. The van der Waals surface area contributed by atoms with E-state index in [9.17, 15) is 39.0 Å². The van der Waals surface area contributed by atoms with Gasteiger partial charge in [0.15, 0.2) is 6.61 Å². The molecule has 0 aliphatic rings. The first-order chi connectivity index (χ1) is 23.8. The van der Waals surface area contributed by atoms with E-state index in [1.54, 1.807) is 91.5 Å². The molecule has 0 saturated heterocycles. The Kier molecular flexibility index (Phi) is 18.1. The summed E-state index contributed by atoms with van der Waals surface area (Å²) in [5.74, 6) is 0.665. The fraction of sp³-hybridized carbons (Fsp3) is 0.657. The summed E-state index contributed by atoms with van der Waals surface area (Å²) in [7, 11) is 0. The van der Waals surface area contributed by atoms with Gasteiger partial charge in [-0.25, -0.2) is 5.84 Å². The Morgan fingerprint density at radius 1 is 0.673 bits per heavy atom. The number of carboxylic acids is 2. The second-order valence-corrected chi connectivity index (χ2v) is 15.3. The van der Waals surface area contributed by atoms with Gasteiger partial charge in [0, 0.05) is 25.7 Å². The largest absolute Gasteiger partial charge is 0.484 e. The van der Waals surface area contributed by atoms with Crippen LogP contribution in [-0.4, -0.2) is 142 Å². The molecule has 0 heterocycles. The van der Waals surface area contributed by atoms with Gasteiger partial charge in [0.05, 0.1) is 32.7 Å². The Morgan fingerprint density at radius 3 is 1.56 bits per heavy atom. The van der Waals surface area contributed by atoms with Gasteiger partial charge >= 0.3 is 29.8 Å². The topological polar surface area (TPSA) is 228 Å². The highest BCUT2D eigenvalue weighted by molar-refractivity contribution is 5.77. The summed E-state index contributed by atoms with van der Waals surface area (Å²) in [6.07, 6.45) is 0.182. The molecular weight excluding hydrogens is 682 g/mol. The van der Waals surface area contributed by atoms with Crippen molar-refractivity contribution in [2.24, 2.45) is 5.84 Å². The zero-order valence-corrected chi connectivity index (χ0v) is 31.9. The Bertz CT molecular complexity index is 1350. The molecule has 17 nitrogen and oxygen atoms in total. The van der Waals surface area contributed by atoms with Crippen LogP contribution >= 0.6 is 0 Å². The van der Waals surface area contributed by atoms with E-state index < -0.39 is 78.2 Å². The minimum atomic E-state index is -1.21. The van der Waals surface area contributed by atoms with Gasteiger partial charge in [0.1, 0.15) is 22.6 Å². The SMILES string of the molecule is CC(C)(C)OC(=O)CN(CCN(CC(=O)OC(C)(C)C)CC(Cc1ccc(OCC(=O)NN)cc1)N(CC(=O)O)CC(=O)OC(C)(C)C)CC(=O)O. The molecule has 1 amide bonds. The van der Waals surface area contributed by atoms with Crippen LogP contribution in [0.15, 0.2) is 24.3 Å². The first-order valence-electron chi connectivity index (χ1n) is 16.8. The Balaban J connectivity index is 3.55. The first-order valence-corrected chi connectivity index (χ1v) is 16.8. The Morgan fingerprint density at radius 2 is 1.12 bits per heavy atom. The van der Waals surface area contributed by atoms with Crippen molar-refractivity contribution >= 4 is 35.8 Å². The number of aliphatic carboxylic acids is 2. The maximum Gasteiger partial charge on any atom is 0.320 e. The van der Waals surface area contributed by atoms with E-state index in [0.717, 1.165) is 0 Å². The molecule has 0 saturated carbocycles. The van der Waals surface area contributed by atoms with Crippen molar-refractivity contribution in [3.05, 3.63) is 29.8 Å². The molecule has 0 aliphatic heterocycles. The monoisotopic (exact) mass is 739 g/mol. The Hall–Kier alpha value is -4.32. The van der Waals surface area contributed by atoms with E-state index in [1.165, 1.54) is 9.80 Å². The molecule has 0 radical (unpaired) electrons. The summed E-state index contributed by atoms with van der Waals surface area (Å²) in [4.78, 5) is 78.6. The number of benzene rings is 1. The predicted molar refractivity (Wildman–Crippen MR) is 189 cm³/mol. The highest BCUT2D eigenvalue weighted by atomic mass is 16.6. The van der Waals surface area contributed by atoms with Crippen LogP contribution in [0.1, 0.15) is 67.9 Å². The number of amides is 1. The normalized spacial score (nSPS) is 12.7. The second-order valence-electron chi connectivity index (χ2n) is 15.3. The third-order valence-corrected chi connectivity index (χ3v) is 6.64. The van der Waals surface area contributed by atoms with Gasteiger partial charge in [-0.3, -0.25) is 48.9 Å². The van der Waals surface area contributed by atoms with E-state index in [0.29, 0.717) is 11.3 Å². The van der Waals surface area contributed by atoms with Crippen molar-refractivity contribution in [1.82, 2.24) is 20.1 Å². The standard InChI is InChI=1S/C35H57N5O12/c1-33(2,3)50-30(46)20-38(14-15-39(18-28(42)43)21-31(47)51-34(4,5)6)17-25(40(19-29(44)45)22-32(48)52-35(7,8)9)16-24-10-12-26(13-11-24)49-23-27(41)37-36/h10-13,25H,14-23,36H2,1-9H3,(H,37,41)(H,42,43)(H,44,45). The Labute approximate surface area is 305 Å². The molecule has 0 bridgehead atoms. The molecule has 1 atom stereocenters. The molecule has 0 aromatic heterocycles. The minimum absolute atomic E-state index is 0.00840. The number of nitrogens with one attached hydrogen (secondary N) is 1. The highest BCUT2D eigenvalue weighted by Gasteiger charge is 2.30. The number of nitrogens with two attached hydrogens (primary N) is 1. The lowest BCUT2D eigenvalue weighted by Gasteiger charge is -2.35. The number of esters is 3. The van der Waals surface area contributed by atoms with Crippen LogP contribution in [0.4, 0.5) is 0 Å². The number of ether oxygens (including phenoxy) is 4. The smallest absolute Gasteiger partial charge is 0.320 e. The number of rotatable bonds is 21. The van der Waals surface area contributed by atoms with Gasteiger partial charge in [-0.15, -0.1) is 0 Å². The molecule has 52 heavy (non-hydrogen) atoms. The molecule has 1 aromatic rings. The van der Waals surface area contributed by atoms with Crippen molar-refractivity contribution in [3.63, 3.8) is 0 Å². The molecular formula is C35H57N5O12. The number of hydrogen-bond donors (Lipinski definition) is 4. The lowest BCUT2D eigenvalue weighted by Crippen LogP contribution is -2.52. The van der Waals surface area contributed by atoms with Crippen molar-refractivity contribution in [2.75, 3.05) is 59.0 Å². The van der Waals surface area contributed by atoms with E-state index in [2.05, 4.69) is 0 Å². The molecule has 294 valence electrons. The lowest BCUT2D eigenvalue weighted by atomic mass is 10.0. The summed E-state index contributed by atoms with van der Waals surface area (Å²) in [6, 6.07) is 5.93. The lowest BCUT2D eigenvalue weighted by molar-refractivity contribution is -0.159. The van der Waals surface area contributed by atoms with Crippen molar-refractivity contribution in [2.45, 2.75) is 91.6 Å². The molecule has 1 aromatic carbocycles. The maximum absolute atomic E-state index is 13.1. The fourth-order valence-electron chi connectivity index (χ4n) is 4.85. The van der Waals surface area contributed by atoms with E-state index in [1.807, 2.05) is 5.43 Å². The molecule has 1 unspecified atom stereocenters. The van der Waals surface area contributed by atoms with Crippen molar-refractivity contribution < 1.29 is 57.9 Å². The van der Waals surface area contributed by atoms with Crippen molar-refractivity contribution in [1.29, 1.82) is 0 Å². The van der Waals surface area contributed by atoms with Gasteiger partial charge in [-0.1, -0.05) is 12.1 Å². The number of carboxylic acid groups (broad SMARTS) is 2. The van der Waals surface area contributed by atoms with Gasteiger partial charge < -0.3 is 29.2 Å². The summed E-state index contributed by atoms with van der Waals surface area (Å²) in [5, 5.41) is 19.5. The zero-order chi connectivity index (χ0) is 39.9. The highest BCUT2D eigenvalue weighted by Crippen LogP contribution is 2.18. The summed E-state index contributed by atoms with van der Waals surface area (Å²) in [5.41, 5.74) is 0.207. The number of carbonyl (C=O) groups is 6. The van der Waals surface area contributed by atoms with Crippen LogP contribution in [0, 0.1) is 0 Å². The third kappa shape index (κ3) is 21.8. The summed E-state index contributed by atoms with van der Waals surface area (Å²) < 4.78 is 21.9. The van der Waals surface area contributed by atoms with Gasteiger partial charge in [0.25, 0.3) is 5.91 Å². The van der Waals surface area contributed by atoms with Crippen molar-refractivity contribution in [3.8, 4) is 5.75 Å². The summed E-state index contributed by atoms with van der Waals surface area (Å²) in [6.45, 7) is 13.0. The molecule has 0 fully saturated rings. The average molecular weight is 740 g/mol. The van der Waals surface area contributed by atoms with Crippen LogP contribution < -0.4 is 16.0 Å². The first kappa shape index (κ1) is 45.7. The molecule has 0 spiro atoms. The zero-order valence-electron chi connectivity index (χ0n) is 31.9. The number of carbonyl (C=O) groups excluding carboxylic acids is 4. The fourth-order valence-corrected chi connectivity index (χ4v) is 4.85. The van der Waals surface area contributed by atoms with Gasteiger partial charge in [-0.2, -0.15) is 0 Å². The predicted octanol–water partition coefficient (Wildman–Crippen LogP) is 1.07. The number of hydrogen-bond acceptors (Lipinski definition) is 14. The van der Waals surface area contributed by atoms with E-state index in [-0.39, 0.29) is 45.8 Å². The molecule has 0 aliphatic carbocycles. The molecule has 1 rings (SSSR count). The number of hydrazine groups is 1. The quantitative estimate of drug-likeness (QED) is 0.0454. The molecule has 5 N–H and O–H groups in total. The van der Waals surface area contributed by atoms with Gasteiger partial charge in [0.2, 0.25) is 0 Å². The minimum Gasteiger partial charge on any atom is -0.484 e. The van der Waals surface area contributed by atoms with Crippen LogP contribution in [-0.2, 0) is 49.4 Å². The average Bonchev–Trinajstić information content (AvgIpc) is 2.95. The van der Waals surface area contributed by atoms with Crippen LogP contribution in [0.3, 0.4) is 0 Å².